The molecule has 110 valence electrons. The largest absolute Gasteiger partial charge is 0.432 e. The number of nitro groups is 1. The lowest BCUT2D eigenvalue weighted by Gasteiger charge is -2.17. The van der Waals surface area contributed by atoms with Gasteiger partial charge in [0.15, 0.2) is 0 Å². The van der Waals surface area contributed by atoms with E-state index >= 15 is 0 Å². The molecule has 0 saturated heterocycles. The van der Waals surface area contributed by atoms with Gasteiger partial charge in [0, 0.05) is 17.5 Å². The molecule has 21 heavy (non-hydrogen) atoms. The highest BCUT2D eigenvalue weighted by Gasteiger charge is 2.21. The van der Waals surface area contributed by atoms with Crippen molar-refractivity contribution in [3.8, 4) is 11.6 Å². The third-order valence-corrected chi connectivity index (χ3v) is 2.81. The first kappa shape index (κ1) is 15.2. The van der Waals surface area contributed by atoms with Crippen LogP contribution in [0.4, 0.5) is 5.69 Å². The molecule has 1 aromatic carbocycles. The molecule has 2 rings (SSSR count). The van der Waals surface area contributed by atoms with Gasteiger partial charge in [0.1, 0.15) is 11.0 Å². The van der Waals surface area contributed by atoms with Crippen LogP contribution in [0.1, 0.15) is 26.6 Å². The minimum Gasteiger partial charge on any atom is -0.432 e. The summed E-state index contributed by atoms with van der Waals surface area (Å²) in [6.07, 6.45) is 0. The Morgan fingerprint density at radius 3 is 2.52 bits per heavy atom. The summed E-state index contributed by atoms with van der Waals surface area (Å²) >= 11 is 5.96. The molecule has 0 aliphatic heterocycles. The minimum absolute atomic E-state index is 0.108. The van der Waals surface area contributed by atoms with Crippen molar-refractivity contribution >= 4 is 17.3 Å². The number of hydrogen-bond acceptors (Lipinski definition) is 5. The summed E-state index contributed by atoms with van der Waals surface area (Å²) in [5.41, 5.74) is -0.449. The van der Waals surface area contributed by atoms with Crippen LogP contribution >= 0.6 is 11.6 Å². The lowest BCUT2D eigenvalue weighted by atomic mass is 9.96. The first-order valence-electron chi connectivity index (χ1n) is 6.24. The second-order valence-corrected chi connectivity index (χ2v) is 5.82. The average Bonchev–Trinajstić information content (AvgIpc) is 2.37. The van der Waals surface area contributed by atoms with Crippen molar-refractivity contribution < 1.29 is 9.66 Å². The van der Waals surface area contributed by atoms with Gasteiger partial charge in [0.25, 0.3) is 0 Å². The predicted molar refractivity (Wildman–Crippen MR) is 78.9 cm³/mol. The van der Waals surface area contributed by atoms with E-state index in [2.05, 4.69) is 9.97 Å². The van der Waals surface area contributed by atoms with Crippen molar-refractivity contribution in [3.05, 3.63) is 51.4 Å². The van der Waals surface area contributed by atoms with Crippen molar-refractivity contribution in [3.63, 3.8) is 0 Å². The maximum absolute atomic E-state index is 11.0. The fourth-order valence-corrected chi connectivity index (χ4v) is 1.77. The van der Waals surface area contributed by atoms with E-state index in [1.807, 2.05) is 20.8 Å². The zero-order chi connectivity index (χ0) is 15.6. The molecule has 0 spiro atoms. The summed E-state index contributed by atoms with van der Waals surface area (Å²) in [5.74, 6) is 0.787. The number of aromatic nitrogens is 2. The second-order valence-electron chi connectivity index (χ2n) is 5.43. The van der Waals surface area contributed by atoms with E-state index in [4.69, 9.17) is 16.3 Å². The zero-order valence-electron chi connectivity index (χ0n) is 11.8. The van der Waals surface area contributed by atoms with E-state index in [0.29, 0.717) is 5.82 Å². The highest BCUT2D eigenvalue weighted by molar-refractivity contribution is 6.29. The molecule has 7 heteroatoms. The first-order chi connectivity index (χ1) is 9.77. The molecule has 0 bridgehead atoms. The molecule has 1 heterocycles. The molecular formula is C14H14ClN3O3. The molecule has 0 aliphatic carbocycles. The Labute approximate surface area is 126 Å². The number of halogens is 1. The Morgan fingerprint density at radius 2 is 1.90 bits per heavy atom. The lowest BCUT2D eigenvalue weighted by Crippen LogP contribution is -2.16. The number of rotatable bonds is 3. The molecule has 0 atom stereocenters. The fourth-order valence-electron chi connectivity index (χ4n) is 1.59. The third-order valence-electron chi connectivity index (χ3n) is 2.62. The van der Waals surface area contributed by atoms with Gasteiger partial charge in [-0.2, -0.15) is 4.98 Å². The SMILES string of the molecule is CC(C)(C)c1nc(Cl)cc(Oc2ccccc2[N+](=O)[O-])n1. The zero-order valence-corrected chi connectivity index (χ0v) is 12.6. The van der Waals surface area contributed by atoms with Gasteiger partial charge in [0.05, 0.1) is 4.92 Å². The maximum Gasteiger partial charge on any atom is 0.311 e. The summed E-state index contributed by atoms with van der Waals surface area (Å²) in [7, 11) is 0. The molecule has 6 nitrogen and oxygen atoms in total. The van der Waals surface area contributed by atoms with Gasteiger partial charge in [-0.15, -0.1) is 0 Å². The molecular weight excluding hydrogens is 294 g/mol. The topological polar surface area (TPSA) is 78.2 Å². The van der Waals surface area contributed by atoms with E-state index < -0.39 is 4.92 Å². The highest BCUT2D eigenvalue weighted by atomic mass is 35.5. The molecule has 0 N–H and O–H groups in total. The van der Waals surface area contributed by atoms with E-state index in [1.165, 1.54) is 18.2 Å². The van der Waals surface area contributed by atoms with Gasteiger partial charge in [-0.25, -0.2) is 4.98 Å². The Kier molecular flexibility index (Phi) is 4.09. The van der Waals surface area contributed by atoms with Crippen LogP contribution in [-0.2, 0) is 5.41 Å². The van der Waals surface area contributed by atoms with Crippen molar-refractivity contribution in [2.75, 3.05) is 0 Å². The standard InChI is InChI=1S/C14H14ClN3O3/c1-14(2,3)13-16-11(15)8-12(17-13)21-10-7-5-4-6-9(10)18(19)20/h4-8H,1-3H3. The molecule has 0 fully saturated rings. The number of nitrogens with zero attached hydrogens (tertiary/aromatic N) is 3. The monoisotopic (exact) mass is 307 g/mol. The van der Waals surface area contributed by atoms with E-state index in [9.17, 15) is 10.1 Å². The van der Waals surface area contributed by atoms with E-state index in [-0.39, 0.29) is 27.9 Å². The number of benzene rings is 1. The first-order valence-corrected chi connectivity index (χ1v) is 6.61. The Hall–Kier alpha value is -2.21. The average molecular weight is 308 g/mol. The number of hydrogen-bond donors (Lipinski definition) is 0. The van der Waals surface area contributed by atoms with Crippen LogP contribution in [0.25, 0.3) is 0 Å². The van der Waals surface area contributed by atoms with Crippen molar-refractivity contribution in [2.24, 2.45) is 0 Å². The summed E-state index contributed by atoms with van der Waals surface area (Å²) in [6, 6.07) is 7.51. The van der Waals surface area contributed by atoms with Crippen LogP contribution in [0, 0.1) is 10.1 Å². The van der Waals surface area contributed by atoms with Gasteiger partial charge in [-0.3, -0.25) is 10.1 Å². The van der Waals surface area contributed by atoms with Crippen LogP contribution < -0.4 is 4.74 Å². The number of ether oxygens (including phenoxy) is 1. The molecule has 0 aliphatic rings. The van der Waals surface area contributed by atoms with Gasteiger partial charge in [-0.05, 0) is 6.07 Å². The summed E-state index contributed by atoms with van der Waals surface area (Å²) < 4.78 is 5.51. The van der Waals surface area contributed by atoms with Gasteiger partial charge < -0.3 is 4.74 Å². The Balaban J connectivity index is 2.41. The molecule has 0 saturated carbocycles. The van der Waals surface area contributed by atoms with Crippen LogP contribution in [-0.4, -0.2) is 14.9 Å². The highest BCUT2D eigenvalue weighted by Crippen LogP contribution is 2.31. The Bertz CT molecular complexity index is 683. The third kappa shape index (κ3) is 3.66. The molecule has 0 unspecified atom stereocenters. The lowest BCUT2D eigenvalue weighted by molar-refractivity contribution is -0.385. The van der Waals surface area contributed by atoms with Crippen molar-refractivity contribution in [1.82, 2.24) is 9.97 Å². The number of para-hydroxylation sites is 2. The molecule has 0 radical (unpaired) electrons. The van der Waals surface area contributed by atoms with Gasteiger partial charge in [0.2, 0.25) is 11.6 Å². The summed E-state index contributed by atoms with van der Waals surface area (Å²) in [4.78, 5) is 18.9. The second kappa shape index (κ2) is 5.65. The Morgan fingerprint density at radius 1 is 1.24 bits per heavy atom. The van der Waals surface area contributed by atoms with Gasteiger partial charge in [-0.1, -0.05) is 44.5 Å². The summed E-state index contributed by atoms with van der Waals surface area (Å²) in [5, 5.41) is 11.2. The fraction of sp³-hybridized carbons (Fsp3) is 0.286. The van der Waals surface area contributed by atoms with Crippen LogP contribution in [0.2, 0.25) is 5.15 Å². The smallest absolute Gasteiger partial charge is 0.311 e. The molecule has 0 amide bonds. The van der Waals surface area contributed by atoms with E-state index in [0.717, 1.165) is 0 Å². The number of nitro benzene ring substituents is 1. The molecule has 2 aromatic rings. The normalized spacial score (nSPS) is 11.2. The van der Waals surface area contributed by atoms with Crippen molar-refractivity contribution in [2.45, 2.75) is 26.2 Å². The molecule has 1 aromatic heterocycles. The van der Waals surface area contributed by atoms with E-state index in [1.54, 1.807) is 12.1 Å². The van der Waals surface area contributed by atoms with Crippen LogP contribution in [0.3, 0.4) is 0 Å². The predicted octanol–water partition coefficient (Wildman–Crippen LogP) is 4.13. The van der Waals surface area contributed by atoms with Crippen molar-refractivity contribution in [1.29, 1.82) is 0 Å². The maximum atomic E-state index is 11.0. The van der Waals surface area contributed by atoms with Gasteiger partial charge >= 0.3 is 5.69 Å². The summed E-state index contributed by atoms with van der Waals surface area (Å²) in [6.45, 7) is 5.81. The minimum atomic E-state index is -0.511. The quantitative estimate of drug-likeness (QED) is 0.484. The van der Waals surface area contributed by atoms with Crippen LogP contribution in [0.5, 0.6) is 11.6 Å². The van der Waals surface area contributed by atoms with Crippen LogP contribution in [0.15, 0.2) is 30.3 Å².